The van der Waals surface area contributed by atoms with E-state index in [9.17, 15) is 14.4 Å². The first-order valence-corrected chi connectivity index (χ1v) is 11.0. The number of carbonyl (C=O) groups excluding carboxylic acids is 3. The van der Waals surface area contributed by atoms with Gasteiger partial charge in [-0.1, -0.05) is 49.9 Å². The summed E-state index contributed by atoms with van der Waals surface area (Å²) >= 11 is 0. The smallest absolute Gasteiger partial charge is 0.257 e. The Labute approximate surface area is 182 Å². The van der Waals surface area contributed by atoms with Gasteiger partial charge in [0, 0.05) is 11.6 Å². The Morgan fingerprint density at radius 3 is 2.35 bits per heavy atom. The Bertz CT molecular complexity index is 951. The zero-order valence-corrected chi connectivity index (χ0v) is 17.8. The number of para-hydroxylation sites is 1. The van der Waals surface area contributed by atoms with Gasteiger partial charge in [-0.2, -0.15) is 0 Å². The van der Waals surface area contributed by atoms with Crippen molar-refractivity contribution in [3.05, 3.63) is 60.2 Å². The SMILES string of the molecule is COc1cccc(C(=O)N(C2CCCCCC2)C2CC(=O)N(c3ccccc3)C2=O)c1. The van der Waals surface area contributed by atoms with Crippen LogP contribution < -0.4 is 9.64 Å². The normalized spacial score (nSPS) is 19.9. The molecule has 6 heteroatoms. The first kappa shape index (κ1) is 21.1. The number of imide groups is 1. The standard InChI is InChI=1S/C25H28N2O4/c1-31-21-15-9-10-18(16-21)24(29)26(19-11-5-2-3-6-12-19)22-17-23(28)27(25(22)30)20-13-7-4-8-14-20/h4,7-10,13-16,19,22H,2-3,5-6,11-12,17H2,1H3. The molecule has 2 aromatic rings. The molecule has 2 fully saturated rings. The predicted molar refractivity (Wildman–Crippen MR) is 118 cm³/mol. The molecule has 1 unspecified atom stereocenters. The number of rotatable bonds is 5. The maximum atomic E-state index is 13.7. The summed E-state index contributed by atoms with van der Waals surface area (Å²) in [5, 5.41) is 0. The molecule has 2 aromatic carbocycles. The minimum Gasteiger partial charge on any atom is -0.497 e. The lowest BCUT2D eigenvalue weighted by Crippen LogP contribution is -2.50. The van der Waals surface area contributed by atoms with E-state index in [2.05, 4.69) is 0 Å². The monoisotopic (exact) mass is 420 g/mol. The fourth-order valence-corrected chi connectivity index (χ4v) is 4.68. The summed E-state index contributed by atoms with van der Waals surface area (Å²) < 4.78 is 5.29. The summed E-state index contributed by atoms with van der Waals surface area (Å²) in [6.45, 7) is 0. The molecule has 1 atom stereocenters. The summed E-state index contributed by atoms with van der Waals surface area (Å²) in [5.41, 5.74) is 1.02. The molecule has 0 N–H and O–H groups in total. The van der Waals surface area contributed by atoms with Crippen molar-refractivity contribution in [3.63, 3.8) is 0 Å². The summed E-state index contributed by atoms with van der Waals surface area (Å²) in [4.78, 5) is 42.9. The van der Waals surface area contributed by atoms with Crippen molar-refractivity contribution in [2.45, 2.75) is 57.0 Å². The molecule has 162 valence electrons. The minimum absolute atomic E-state index is 0.0138. The van der Waals surface area contributed by atoms with Crippen molar-refractivity contribution >= 4 is 23.4 Å². The number of nitrogens with zero attached hydrogens (tertiary/aromatic N) is 2. The molecule has 4 rings (SSSR count). The van der Waals surface area contributed by atoms with Crippen LogP contribution in [0.25, 0.3) is 0 Å². The van der Waals surface area contributed by atoms with Gasteiger partial charge in [0.2, 0.25) is 5.91 Å². The molecule has 1 heterocycles. The van der Waals surface area contributed by atoms with E-state index in [4.69, 9.17) is 4.74 Å². The van der Waals surface area contributed by atoms with Gasteiger partial charge in [0.05, 0.1) is 19.2 Å². The number of carbonyl (C=O) groups is 3. The van der Waals surface area contributed by atoms with Gasteiger partial charge < -0.3 is 9.64 Å². The quantitative estimate of drug-likeness (QED) is 0.537. The van der Waals surface area contributed by atoms with Gasteiger partial charge in [0.1, 0.15) is 11.8 Å². The molecule has 2 aliphatic rings. The zero-order chi connectivity index (χ0) is 21.8. The molecular formula is C25H28N2O4. The lowest BCUT2D eigenvalue weighted by atomic mass is 10.0. The molecule has 1 aliphatic carbocycles. The lowest BCUT2D eigenvalue weighted by Gasteiger charge is -2.35. The topological polar surface area (TPSA) is 66.9 Å². The maximum absolute atomic E-state index is 13.7. The Morgan fingerprint density at radius 1 is 0.968 bits per heavy atom. The second kappa shape index (κ2) is 9.33. The van der Waals surface area contributed by atoms with Crippen LogP contribution >= 0.6 is 0 Å². The van der Waals surface area contributed by atoms with Gasteiger partial charge in [-0.25, -0.2) is 4.90 Å². The van der Waals surface area contributed by atoms with E-state index in [-0.39, 0.29) is 30.2 Å². The number of hydrogen-bond donors (Lipinski definition) is 0. The maximum Gasteiger partial charge on any atom is 0.257 e. The largest absolute Gasteiger partial charge is 0.497 e. The zero-order valence-electron chi connectivity index (χ0n) is 17.8. The second-order valence-electron chi connectivity index (χ2n) is 8.21. The second-order valence-corrected chi connectivity index (χ2v) is 8.21. The van der Waals surface area contributed by atoms with Crippen LogP contribution in [0.1, 0.15) is 55.3 Å². The molecule has 6 nitrogen and oxygen atoms in total. The highest BCUT2D eigenvalue weighted by Crippen LogP contribution is 2.32. The number of anilines is 1. The van der Waals surface area contributed by atoms with Crippen LogP contribution in [0.2, 0.25) is 0 Å². The fourth-order valence-electron chi connectivity index (χ4n) is 4.68. The Kier molecular flexibility index (Phi) is 6.35. The van der Waals surface area contributed by atoms with Crippen molar-refractivity contribution in [3.8, 4) is 5.75 Å². The van der Waals surface area contributed by atoms with Crippen LogP contribution in [-0.4, -0.2) is 41.8 Å². The van der Waals surface area contributed by atoms with E-state index in [0.29, 0.717) is 17.0 Å². The molecule has 3 amide bonds. The predicted octanol–water partition coefficient (Wildman–Crippen LogP) is 4.19. The van der Waals surface area contributed by atoms with E-state index >= 15 is 0 Å². The lowest BCUT2D eigenvalue weighted by molar-refractivity contribution is -0.123. The number of benzene rings is 2. The Balaban J connectivity index is 1.69. The summed E-state index contributed by atoms with van der Waals surface area (Å²) in [5.74, 6) is -0.215. The van der Waals surface area contributed by atoms with Gasteiger partial charge >= 0.3 is 0 Å². The highest BCUT2D eigenvalue weighted by atomic mass is 16.5. The number of methoxy groups -OCH3 is 1. The van der Waals surface area contributed by atoms with Gasteiger partial charge in [-0.3, -0.25) is 14.4 Å². The summed E-state index contributed by atoms with van der Waals surface area (Å²) in [6, 6.07) is 15.1. The van der Waals surface area contributed by atoms with Crippen molar-refractivity contribution in [1.82, 2.24) is 4.90 Å². The van der Waals surface area contributed by atoms with Crippen molar-refractivity contribution < 1.29 is 19.1 Å². The fraction of sp³-hybridized carbons (Fsp3) is 0.400. The van der Waals surface area contributed by atoms with Crippen LogP contribution in [0.4, 0.5) is 5.69 Å². The van der Waals surface area contributed by atoms with E-state index in [0.717, 1.165) is 38.5 Å². The third-order valence-electron chi connectivity index (χ3n) is 6.24. The van der Waals surface area contributed by atoms with Crippen LogP contribution in [0, 0.1) is 0 Å². The van der Waals surface area contributed by atoms with Crippen LogP contribution in [-0.2, 0) is 9.59 Å². The molecule has 0 radical (unpaired) electrons. The molecule has 1 saturated heterocycles. The summed E-state index contributed by atoms with van der Waals surface area (Å²) in [7, 11) is 1.56. The number of hydrogen-bond acceptors (Lipinski definition) is 4. The van der Waals surface area contributed by atoms with Crippen LogP contribution in [0.3, 0.4) is 0 Å². The van der Waals surface area contributed by atoms with Gasteiger partial charge in [-0.15, -0.1) is 0 Å². The molecule has 0 spiro atoms. The van der Waals surface area contributed by atoms with Crippen LogP contribution in [0.15, 0.2) is 54.6 Å². The van der Waals surface area contributed by atoms with Crippen molar-refractivity contribution in [1.29, 1.82) is 0 Å². The molecular weight excluding hydrogens is 392 g/mol. The first-order valence-electron chi connectivity index (χ1n) is 11.0. The molecule has 0 aromatic heterocycles. The van der Waals surface area contributed by atoms with E-state index in [1.54, 1.807) is 60.5 Å². The Hall–Kier alpha value is -3.15. The summed E-state index contributed by atoms with van der Waals surface area (Å²) in [6.07, 6.45) is 6.00. The highest BCUT2D eigenvalue weighted by molar-refractivity contribution is 6.23. The molecule has 1 saturated carbocycles. The van der Waals surface area contributed by atoms with Gasteiger partial charge in [-0.05, 0) is 43.2 Å². The van der Waals surface area contributed by atoms with Gasteiger partial charge in [0.15, 0.2) is 0 Å². The Morgan fingerprint density at radius 2 is 1.68 bits per heavy atom. The average molecular weight is 421 g/mol. The average Bonchev–Trinajstić information content (AvgIpc) is 2.96. The van der Waals surface area contributed by atoms with Crippen molar-refractivity contribution in [2.75, 3.05) is 12.0 Å². The minimum atomic E-state index is -0.783. The van der Waals surface area contributed by atoms with Gasteiger partial charge in [0.25, 0.3) is 11.8 Å². The van der Waals surface area contributed by atoms with Crippen LogP contribution in [0.5, 0.6) is 5.75 Å². The molecule has 31 heavy (non-hydrogen) atoms. The third kappa shape index (κ3) is 4.33. The third-order valence-corrected chi connectivity index (χ3v) is 6.24. The van der Waals surface area contributed by atoms with E-state index < -0.39 is 6.04 Å². The highest BCUT2D eigenvalue weighted by Gasteiger charge is 2.46. The first-order chi connectivity index (χ1) is 15.1. The number of ether oxygens (including phenoxy) is 1. The molecule has 0 bridgehead atoms. The van der Waals surface area contributed by atoms with E-state index in [1.807, 2.05) is 6.07 Å². The molecule has 1 aliphatic heterocycles. The van der Waals surface area contributed by atoms with E-state index in [1.165, 1.54) is 4.90 Å². The number of amides is 3. The van der Waals surface area contributed by atoms with Crippen molar-refractivity contribution in [2.24, 2.45) is 0 Å².